The third kappa shape index (κ3) is 2.83. The van der Waals surface area contributed by atoms with Crippen LogP contribution in [-0.4, -0.2) is 18.2 Å². The largest absolute Gasteiger partial charge is 0.389 e. The van der Waals surface area contributed by atoms with Gasteiger partial charge in [0.15, 0.2) is 0 Å². The first-order valence-corrected chi connectivity index (χ1v) is 6.61. The number of benzene rings is 1. The first-order valence-electron chi connectivity index (χ1n) is 6.61. The van der Waals surface area contributed by atoms with E-state index in [2.05, 4.69) is 18.7 Å². The van der Waals surface area contributed by atoms with Crippen LogP contribution in [0.15, 0.2) is 18.2 Å². The third-order valence-electron chi connectivity index (χ3n) is 3.70. The fourth-order valence-electron chi connectivity index (χ4n) is 2.67. The second-order valence-corrected chi connectivity index (χ2v) is 6.08. The average molecular weight is 251 g/mol. The molecule has 1 fully saturated rings. The third-order valence-corrected chi connectivity index (χ3v) is 3.70. The van der Waals surface area contributed by atoms with Gasteiger partial charge in [0.2, 0.25) is 0 Å². The number of aliphatic hydroxyl groups is 1. The van der Waals surface area contributed by atoms with Gasteiger partial charge in [-0.1, -0.05) is 19.9 Å². The Morgan fingerprint density at radius 2 is 2.11 bits per heavy atom. The van der Waals surface area contributed by atoms with Gasteiger partial charge >= 0.3 is 0 Å². The predicted molar refractivity (Wildman–Crippen MR) is 72.3 cm³/mol. The molecule has 0 unspecified atom stereocenters. The highest BCUT2D eigenvalue weighted by Crippen LogP contribution is 2.33. The summed E-state index contributed by atoms with van der Waals surface area (Å²) < 4.78 is 14.1. The molecule has 1 aliphatic rings. The van der Waals surface area contributed by atoms with Crippen molar-refractivity contribution in [3.05, 3.63) is 29.6 Å². The lowest BCUT2D eigenvalue weighted by Crippen LogP contribution is -2.40. The molecule has 0 amide bonds. The molecule has 18 heavy (non-hydrogen) atoms. The number of anilines is 1. The minimum atomic E-state index is -0.619. The molecule has 1 heterocycles. The molecular weight excluding hydrogens is 229 g/mol. The van der Waals surface area contributed by atoms with Crippen LogP contribution in [0.2, 0.25) is 0 Å². The molecule has 100 valence electrons. The van der Waals surface area contributed by atoms with Crippen molar-refractivity contribution in [3.63, 3.8) is 0 Å². The van der Waals surface area contributed by atoms with E-state index in [4.69, 9.17) is 0 Å². The van der Waals surface area contributed by atoms with Gasteiger partial charge in [0.05, 0.1) is 11.8 Å². The van der Waals surface area contributed by atoms with Crippen molar-refractivity contribution in [3.8, 4) is 0 Å². The topological polar surface area (TPSA) is 23.5 Å². The van der Waals surface area contributed by atoms with Gasteiger partial charge in [-0.2, -0.15) is 0 Å². The molecule has 0 aliphatic carbocycles. The van der Waals surface area contributed by atoms with Crippen molar-refractivity contribution < 1.29 is 9.50 Å². The Morgan fingerprint density at radius 3 is 2.67 bits per heavy atom. The second-order valence-electron chi connectivity index (χ2n) is 6.08. The molecule has 1 aromatic carbocycles. The second kappa shape index (κ2) is 4.88. The summed E-state index contributed by atoms with van der Waals surface area (Å²) in [5.74, 6) is -0.230. The van der Waals surface area contributed by atoms with Crippen molar-refractivity contribution in [2.24, 2.45) is 5.41 Å². The summed E-state index contributed by atoms with van der Waals surface area (Å²) >= 11 is 0. The molecule has 2 rings (SSSR count). The van der Waals surface area contributed by atoms with Crippen molar-refractivity contribution in [1.29, 1.82) is 0 Å². The van der Waals surface area contributed by atoms with Gasteiger partial charge in [-0.05, 0) is 42.9 Å². The van der Waals surface area contributed by atoms with Gasteiger partial charge in [0.25, 0.3) is 0 Å². The summed E-state index contributed by atoms with van der Waals surface area (Å²) in [5, 5.41) is 9.45. The van der Waals surface area contributed by atoms with Gasteiger partial charge in [-0.15, -0.1) is 0 Å². The highest BCUT2D eigenvalue weighted by atomic mass is 19.1. The molecule has 3 heteroatoms. The van der Waals surface area contributed by atoms with E-state index in [0.29, 0.717) is 11.3 Å². The fraction of sp³-hybridized carbons (Fsp3) is 0.600. The molecule has 0 aromatic heterocycles. The SMILES string of the molecule is C[C@@H](O)c1ccc(N2CCCC(C)(C)C2)c(F)c1. The first-order chi connectivity index (χ1) is 8.39. The first kappa shape index (κ1) is 13.3. The number of hydrogen-bond donors (Lipinski definition) is 1. The van der Waals surface area contributed by atoms with Crippen LogP contribution in [0.3, 0.4) is 0 Å². The van der Waals surface area contributed by atoms with Gasteiger partial charge in [0, 0.05) is 13.1 Å². The molecule has 1 aliphatic heterocycles. The zero-order valence-corrected chi connectivity index (χ0v) is 11.4. The summed E-state index contributed by atoms with van der Waals surface area (Å²) in [5.41, 5.74) is 1.54. The summed E-state index contributed by atoms with van der Waals surface area (Å²) in [6.07, 6.45) is 1.67. The summed E-state index contributed by atoms with van der Waals surface area (Å²) in [4.78, 5) is 2.12. The molecule has 0 bridgehead atoms. The minimum Gasteiger partial charge on any atom is -0.389 e. The molecule has 1 N–H and O–H groups in total. The lowest BCUT2D eigenvalue weighted by molar-refractivity contribution is 0.199. The van der Waals surface area contributed by atoms with Crippen LogP contribution in [0.1, 0.15) is 45.3 Å². The predicted octanol–water partition coefficient (Wildman–Crippen LogP) is 3.51. The van der Waals surface area contributed by atoms with Crippen LogP contribution in [0.25, 0.3) is 0 Å². The van der Waals surface area contributed by atoms with Crippen LogP contribution >= 0.6 is 0 Å². The van der Waals surface area contributed by atoms with E-state index in [0.717, 1.165) is 19.5 Å². The van der Waals surface area contributed by atoms with Gasteiger partial charge in [-0.3, -0.25) is 0 Å². The maximum atomic E-state index is 14.1. The van der Waals surface area contributed by atoms with Crippen molar-refractivity contribution >= 4 is 5.69 Å². The molecule has 1 atom stereocenters. The van der Waals surface area contributed by atoms with Crippen LogP contribution < -0.4 is 4.90 Å². The lowest BCUT2D eigenvalue weighted by atomic mass is 9.84. The standard InChI is InChI=1S/C15H22FNO/c1-11(18)12-5-6-14(13(16)9-12)17-8-4-7-15(2,3)10-17/h5-6,9,11,18H,4,7-8,10H2,1-3H3/t11-/m1/s1. The number of halogens is 1. The number of rotatable bonds is 2. The minimum absolute atomic E-state index is 0.230. The summed E-state index contributed by atoms with van der Waals surface area (Å²) in [6, 6.07) is 5.05. The number of piperidine rings is 1. The number of hydrogen-bond acceptors (Lipinski definition) is 2. The van der Waals surface area contributed by atoms with Crippen molar-refractivity contribution in [2.75, 3.05) is 18.0 Å². The zero-order valence-electron chi connectivity index (χ0n) is 11.4. The molecule has 0 radical (unpaired) electrons. The summed E-state index contributed by atoms with van der Waals surface area (Å²) in [6.45, 7) is 7.90. The molecule has 1 aromatic rings. The maximum Gasteiger partial charge on any atom is 0.146 e. The Morgan fingerprint density at radius 1 is 1.39 bits per heavy atom. The van der Waals surface area contributed by atoms with Gasteiger partial charge in [-0.25, -0.2) is 4.39 Å². The molecule has 0 spiro atoms. The van der Waals surface area contributed by atoms with E-state index in [1.54, 1.807) is 13.0 Å². The molecule has 2 nitrogen and oxygen atoms in total. The Hall–Kier alpha value is -1.09. The monoisotopic (exact) mass is 251 g/mol. The van der Waals surface area contributed by atoms with E-state index in [9.17, 15) is 9.50 Å². The quantitative estimate of drug-likeness (QED) is 0.869. The fourth-order valence-corrected chi connectivity index (χ4v) is 2.67. The Kier molecular flexibility index (Phi) is 3.62. The van der Waals surface area contributed by atoms with Crippen LogP contribution in [0.5, 0.6) is 0 Å². The van der Waals surface area contributed by atoms with Crippen LogP contribution in [-0.2, 0) is 0 Å². The van der Waals surface area contributed by atoms with Crippen LogP contribution in [0.4, 0.5) is 10.1 Å². The summed E-state index contributed by atoms with van der Waals surface area (Å²) in [7, 11) is 0. The Labute approximate surface area is 108 Å². The van der Waals surface area contributed by atoms with Crippen molar-refractivity contribution in [2.45, 2.75) is 39.7 Å². The number of aliphatic hydroxyl groups excluding tert-OH is 1. The van der Waals surface area contributed by atoms with E-state index < -0.39 is 6.10 Å². The van der Waals surface area contributed by atoms with Crippen LogP contribution in [0, 0.1) is 11.2 Å². The molecular formula is C15H22FNO. The van der Waals surface area contributed by atoms with E-state index >= 15 is 0 Å². The average Bonchev–Trinajstić information content (AvgIpc) is 2.27. The van der Waals surface area contributed by atoms with Crippen molar-refractivity contribution in [1.82, 2.24) is 0 Å². The zero-order chi connectivity index (χ0) is 13.3. The normalized spacial score (nSPS) is 20.8. The molecule has 1 saturated heterocycles. The highest BCUT2D eigenvalue weighted by molar-refractivity contribution is 5.50. The Balaban J connectivity index is 2.23. The molecule has 0 saturated carbocycles. The Bertz CT molecular complexity index is 429. The maximum absolute atomic E-state index is 14.1. The van der Waals surface area contributed by atoms with Gasteiger partial charge in [0.1, 0.15) is 5.82 Å². The van der Waals surface area contributed by atoms with Gasteiger partial charge < -0.3 is 10.0 Å². The van der Waals surface area contributed by atoms with E-state index in [-0.39, 0.29) is 11.2 Å². The number of nitrogens with zero attached hydrogens (tertiary/aromatic N) is 1. The smallest absolute Gasteiger partial charge is 0.146 e. The van der Waals surface area contributed by atoms with E-state index in [1.165, 1.54) is 12.5 Å². The highest BCUT2D eigenvalue weighted by Gasteiger charge is 2.27. The van der Waals surface area contributed by atoms with E-state index in [1.807, 2.05) is 6.07 Å². The lowest BCUT2D eigenvalue weighted by Gasteiger charge is -2.39.